The number of nitrogens with zero attached hydrogens (tertiary/aromatic N) is 2. The number of halogens is 1. The molecule has 0 spiro atoms. The molecule has 0 radical (unpaired) electrons. The number of amides is 2. The van der Waals surface area contributed by atoms with Gasteiger partial charge in [0.05, 0.1) is 11.9 Å². The van der Waals surface area contributed by atoms with Gasteiger partial charge in [-0.3, -0.25) is 13.9 Å². The monoisotopic (exact) mass is 507 g/mol. The third kappa shape index (κ3) is 7.21. The minimum absolute atomic E-state index is 0.0571. The molecule has 2 amide bonds. The highest BCUT2D eigenvalue weighted by Crippen LogP contribution is 2.27. The van der Waals surface area contributed by atoms with E-state index in [-0.39, 0.29) is 12.5 Å². The van der Waals surface area contributed by atoms with Crippen molar-refractivity contribution >= 4 is 39.1 Å². The maximum atomic E-state index is 13.6. The van der Waals surface area contributed by atoms with Crippen LogP contribution in [0.2, 0.25) is 5.02 Å². The van der Waals surface area contributed by atoms with Crippen LogP contribution in [-0.2, 0) is 26.2 Å². The lowest BCUT2D eigenvalue weighted by Crippen LogP contribution is -2.54. The van der Waals surface area contributed by atoms with Gasteiger partial charge in [-0.15, -0.1) is 0 Å². The molecule has 1 N–H and O–H groups in total. The number of aryl methyl sites for hydroxylation is 2. The van der Waals surface area contributed by atoms with Crippen LogP contribution in [0, 0.1) is 13.8 Å². The van der Waals surface area contributed by atoms with Crippen molar-refractivity contribution in [3.8, 4) is 0 Å². The predicted molar refractivity (Wildman–Crippen MR) is 137 cm³/mol. The molecule has 186 valence electrons. The van der Waals surface area contributed by atoms with Gasteiger partial charge in [-0.25, -0.2) is 8.42 Å². The van der Waals surface area contributed by atoms with Gasteiger partial charge in [0, 0.05) is 17.1 Å². The number of hydrogen-bond donors (Lipinski definition) is 1. The number of carbonyl (C=O) groups excluding carboxylic acids is 2. The minimum Gasteiger partial charge on any atom is -0.350 e. The van der Waals surface area contributed by atoms with Crippen LogP contribution < -0.4 is 9.62 Å². The number of sulfonamides is 1. The average molecular weight is 508 g/mol. The number of anilines is 1. The average Bonchev–Trinajstić information content (AvgIpc) is 2.69. The van der Waals surface area contributed by atoms with Crippen molar-refractivity contribution in [1.29, 1.82) is 0 Å². The summed E-state index contributed by atoms with van der Waals surface area (Å²) in [4.78, 5) is 28.0. The third-order valence-electron chi connectivity index (χ3n) is 5.33. The van der Waals surface area contributed by atoms with Crippen molar-refractivity contribution in [3.05, 3.63) is 64.2 Å². The summed E-state index contributed by atoms with van der Waals surface area (Å²) in [6.45, 7) is 10.4. The van der Waals surface area contributed by atoms with E-state index in [0.29, 0.717) is 16.3 Å². The summed E-state index contributed by atoms with van der Waals surface area (Å²) in [5.74, 6) is -0.851. The maximum Gasteiger partial charge on any atom is 0.244 e. The Morgan fingerprint density at radius 1 is 1.03 bits per heavy atom. The zero-order valence-corrected chi connectivity index (χ0v) is 22.4. The summed E-state index contributed by atoms with van der Waals surface area (Å²) >= 11 is 6.33. The van der Waals surface area contributed by atoms with Gasteiger partial charge in [-0.1, -0.05) is 48.0 Å². The molecule has 2 aromatic rings. The van der Waals surface area contributed by atoms with Gasteiger partial charge in [0.15, 0.2) is 0 Å². The fourth-order valence-electron chi connectivity index (χ4n) is 3.64. The second-order valence-electron chi connectivity index (χ2n) is 9.54. The Kier molecular flexibility index (Phi) is 8.77. The normalized spacial score (nSPS) is 12.7. The largest absolute Gasteiger partial charge is 0.350 e. The molecule has 9 heteroatoms. The Labute approximate surface area is 208 Å². The van der Waals surface area contributed by atoms with Gasteiger partial charge in [-0.2, -0.15) is 0 Å². The van der Waals surface area contributed by atoms with Gasteiger partial charge in [0.1, 0.15) is 12.6 Å². The topological polar surface area (TPSA) is 86.8 Å². The molecular weight excluding hydrogens is 474 g/mol. The fourth-order valence-corrected chi connectivity index (χ4v) is 4.80. The molecule has 0 heterocycles. The minimum atomic E-state index is -3.79. The molecule has 2 aromatic carbocycles. The van der Waals surface area contributed by atoms with E-state index in [4.69, 9.17) is 11.6 Å². The summed E-state index contributed by atoms with van der Waals surface area (Å²) in [6, 6.07) is 11.6. The molecule has 0 saturated carbocycles. The number of nitrogens with one attached hydrogen (secondary N) is 1. The van der Waals surface area contributed by atoms with E-state index in [0.717, 1.165) is 21.7 Å². The van der Waals surface area contributed by atoms with Crippen LogP contribution in [0.4, 0.5) is 5.69 Å². The second kappa shape index (κ2) is 10.8. The number of hydrogen-bond acceptors (Lipinski definition) is 4. The smallest absolute Gasteiger partial charge is 0.244 e. The first-order chi connectivity index (χ1) is 15.6. The zero-order valence-electron chi connectivity index (χ0n) is 20.8. The van der Waals surface area contributed by atoms with Crippen molar-refractivity contribution in [2.45, 2.75) is 59.7 Å². The predicted octanol–water partition coefficient (Wildman–Crippen LogP) is 4.05. The summed E-state index contributed by atoms with van der Waals surface area (Å²) in [5.41, 5.74) is 2.08. The summed E-state index contributed by atoms with van der Waals surface area (Å²) in [7, 11) is -3.79. The van der Waals surface area contributed by atoms with Crippen molar-refractivity contribution in [2.75, 3.05) is 17.1 Å². The van der Waals surface area contributed by atoms with Crippen molar-refractivity contribution in [2.24, 2.45) is 0 Å². The first kappa shape index (κ1) is 27.7. The molecule has 0 bridgehead atoms. The zero-order chi connectivity index (χ0) is 25.8. The van der Waals surface area contributed by atoms with E-state index in [1.165, 1.54) is 4.90 Å². The molecule has 2 rings (SSSR count). The van der Waals surface area contributed by atoms with Crippen LogP contribution in [-0.4, -0.2) is 49.5 Å². The SMILES string of the molecule is Cc1cccc(C)c1N(CC(=O)N(Cc1ccccc1Cl)C(C)C(=O)NC(C)(C)C)S(C)(=O)=O. The van der Waals surface area contributed by atoms with Gasteiger partial charge in [0.25, 0.3) is 0 Å². The lowest BCUT2D eigenvalue weighted by atomic mass is 10.1. The Hall–Kier alpha value is -2.58. The molecule has 34 heavy (non-hydrogen) atoms. The maximum absolute atomic E-state index is 13.6. The molecule has 0 saturated heterocycles. The van der Waals surface area contributed by atoms with Gasteiger partial charge in [-0.05, 0) is 64.3 Å². The van der Waals surface area contributed by atoms with Crippen LogP contribution in [0.25, 0.3) is 0 Å². The van der Waals surface area contributed by atoms with E-state index < -0.39 is 34.1 Å². The van der Waals surface area contributed by atoms with Gasteiger partial charge >= 0.3 is 0 Å². The van der Waals surface area contributed by atoms with E-state index in [1.54, 1.807) is 57.2 Å². The molecular formula is C25H34ClN3O4S. The fraction of sp³-hybridized carbons (Fsp3) is 0.440. The van der Waals surface area contributed by atoms with E-state index in [2.05, 4.69) is 5.32 Å². The lowest BCUT2D eigenvalue weighted by molar-refractivity contribution is -0.140. The summed E-state index contributed by atoms with van der Waals surface area (Å²) in [5, 5.41) is 3.35. The molecule has 0 aliphatic carbocycles. The summed E-state index contributed by atoms with van der Waals surface area (Å²) in [6.07, 6.45) is 1.07. The van der Waals surface area contributed by atoms with Crippen LogP contribution in [0.3, 0.4) is 0 Å². The number of carbonyl (C=O) groups is 2. The van der Waals surface area contributed by atoms with Crippen molar-refractivity contribution in [3.63, 3.8) is 0 Å². The number of para-hydroxylation sites is 1. The lowest BCUT2D eigenvalue weighted by Gasteiger charge is -2.34. The first-order valence-corrected chi connectivity index (χ1v) is 13.2. The highest BCUT2D eigenvalue weighted by Gasteiger charge is 2.32. The molecule has 0 aliphatic heterocycles. The number of benzene rings is 2. The Bertz CT molecular complexity index is 1140. The number of rotatable bonds is 8. The summed E-state index contributed by atoms with van der Waals surface area (Å²) < 4.78 is 26.6. The van der Waals surface area contributed by atoms with Crippen LogP contribution >= 0.6 is 11.6 Å². The Morgan fingerprint density at radius 2 is 1.59 bits per heavy atom. The Balaban J connectivity index is 2.48. The van der Waals surface area contributed by atoms with Crippen LogP contribution in [0.1, 0.15) is 44.4 Å². The standard InChI is InChI=1S/C25H34ClN3O4S/c1-17-11-10-12-18(2)23(17)29(34(7,32)33)16-22(30)28(15-20-13-8-9-14-21(20)26)19(3)24(31)27-25(4,5)6/h8-14,19H,15-16H2,1-7H3,(H,27,31). The second-order valence-corrected chi connectivity index (χ2v) is 11.9. The molecule has 1 unspecified atom stereocenters. The van der Waals surface area contributed by atoms with Crippen LogP contribution in [0.15, 0.2) is 42.5 Å². The molecule has 0 aliphatic rings. The van der Waals surface area contributed by atoms with E-state index in [9.17, 15) is 18.0 Å². The first-order valence-electron chi connectivity index (χ1n) is 11.0. The molecule has 1 atom stereocenters. The third-order valence-corrected chi connectivity index (χ3v) is 6.81. The van der Waals surface area contributed by atoms with Crippen LogP contribution in [0.5, 0.6) is 0 Å². The highest BCUT2D eigenvalue weighted by molar-refractivity contribution is 7.92. The quantitative estimate of drug-likeness (QED) is 0.583. The molecule has 0 fully saturated rings. The van der Waals surface area contributed by atoms with E-state index >= 15 is 0 Å². The van der Waals surface area contributed by atoms with Gasteiger partial charge < -0.3 is 10.2 Å². The molecule has 0 aromatic heterocycles. The van der Waals surface area contributed by atoms with Crippen molar-refractivity contribution < 1.29 is 18.0 Å². The highest BCUT2D eigenvalue weighted by atomic mass is 35.5. The van der Waals surface area contributed by atoms with Crippen molar-refractivity contribution in [1.82, 2.24) is 10.2 Å². The molecule has 7 nitrogen and oxygen atoms in total. The van der Waals surface area contributed by atoms with Gasteiger partial charge in [0.2, 0.25) is 21.8 Å². The van der Waals surface area contributed by atoms with E-state index in [1.807, 2.05) is 26.8 Å². The Morgan fingerprint density at radius 3 is 2.09 bits per heavy atom.